The van der Waals surface area contributed by atoms with Crippen LogP contribution in [0.25, 0.3) is 0 Å². The molecule has 2 atom stereocenters. The maximum Gasteiger partial charge on any atom is 0.211 e. The van der Waals surface area contributed by atoms with Crippen molar-refractivity contribution in [3.63, 3.8) is 0 Å². The van der Waals surface area contributed by atoms with E-state index < -0.39 is 10.0 Å². The molecule has 1 aliphatic heterocycles. The Morgan fingerprint density at radius 2 is 2.24 bits per heavy atom. The van der Waals surface area contributed by atoms with E-state index in [2.05, 4.69) is 10.0 Å². The summed E-state index contributed by atoms with van der Waals surface area (Å²) in [6, 6.07) is 0.387. The third kappa shape index (κ3) is 6.64. The minimum Gasteiger partial charge on any atom is -0.314 e. The topological polar surface area (TPSA) is 58.2 Å². The number of piperidine rings is 1. The average Bonchev–Trinajstić information content (AvgIpc) is 2.35. The largest absolute Gasteiger partial charge is 0.314 e. The summed E-state index contributed by atoms with van der Waals surface area (Å²) in [4.78, 5) is 0. The van der Waals surface area contributed by atoms with Crippen molar-refractivity contribution in [1.82, 2.24) is 10.0 Å². The van der Waals surface area contributed by atoms with E-state index in [4.69, 9.17) is 0 Å². The lowest BCUT2D eigenvalue weighted by molar-refractivity contribution is 0.392. The van der Waals surface area contributed by atoms with Crippen molar-refractivity contribution in [3.8, 4) is 0 Å². The van der Waals surface area contributed by atoms with Crippen molar-refractivity contribution in [2.45, 2.75) is 43.9 Å². The fraction of sp³-hybridized carbons (Fsp3) is 1.00. The molecule has 2 unspecified atom stereocenters. The zero-order chi connectivity index (χ0) is 12.7. The van der Waals surface area contributed by atoms with Crippen LogP contribution >= 0.6 is 11.8 Å². The SMILES string of the molecule is CSC(C)CNS(=O)(=O)CCC1CCCCN1. The highest BCUT2D eigenvalue weighted by Crippen LogP contribution is 2.11. The Bertz CT molecular complexity index is 301. The monoisotopic (exact) mass is 280 g/mol. The van der Waals surface area contributed by atoms with E-state index in [1.807, 2.05) is 13.2 Å². The first-order valence-electron chi connectivity index (χ1n) is 6.27. The number of hydrogen-bond donors (Lipinski definition) is 2. The zero-order valence-electron chi connectivity index (χ0n) is 10.7. The first kappa shape index (κ1) is 15.3. The van der Waals surface area contributed by atoms with Crippen molar-refractivity contribution >= 4 is 21.8 Å². The van der Waals surface area contributed by atoms with Crippen molar-refractivity contribution in [2.75, 3.05) is 25.1 Å². The van der Waals surface area contributed by atoms with Crippen molar-refractivity contribution < 1.29 is 8.42 Å². The molecule has 0 bridgehead atoms. The van der Waals surface area contributed by atoms with Gasteiger partial charge in [0.05, 0.1) is 5.75 Å². The summed E-state index contributed by atoms with van der Waals surface area (Å²) in [5.41, 5.74) is 0. The van der Waals surface area contributed by atoms with Gasteiger partial charge in [-0.05, 0) is 32.1 Å². The summed E-state index contributed by atoms with van der Waals surface area (Å²) < 4.78 is 26.2. The minimum atomic E-state index is -3.09. The van der Waals surface area contributed by atoms with Gasteiger partial charge in [-0.2, -0.15) is 11.8 Å². The van der Waals surface area contributed by atoms with E-state index in [0.29, 0.717) is 17.8 Å². The van der Waals surface area contributed by atoms with Crippen LogP contribution in [0, 0.1) is 0 Å². The van der Waals surface area contributed by atoms with Crippen LogP contribution in [0.15, 0.2) is 0 Å². The second-order valence-corrected chi connectivity index (χ2v) is 7.85. The first-order valence-corrected chi connectivity index (χ1v) is 9.21. The van der Waals surface area contributed by atoms with E-state index in [0.717, 1.165) is 19.4 Å². The summed E-state index contributed by atoms with van der Waals surface area (Å²) in [5.74, 6) is 0.242. The second kappa shape index (κ2) is 7.61. The molecule has 6 heteroatoms. The number of hydrogen-bond acceptors (Lipinski definition) is 4. The van der Waals surface area contributed by atoms with E-state index in [9.17, 15) is 8.42 Å². The molecular formula is C11H24N2O2S2. The molecule has 0 aromatic rings. The molecule has 1 heterocycles. The predicted molar refractivity (Wildman–Crippen MR) is 75.0 cm³/mol. The van der Waals surface area contributed by atoms with Gasteiger partial charge in [0.25, 0.3) is 0 Å². The normalized spacial score (nSPS) is 23.5. The average molecular weight is 280 g/mol. The Morgan fingerprint density at radius 1 is 1.47 bits per heavy atom. The molecule has 1 aliphatic rings. The molecule has 1 saturated heterocycles. The summed E-state index contributed by atoms with van der Waals surface area (Å²) in [5, 5.41) is 3.70. The van der Waals surface area contributed by atoms with E-state index in [1.165, 1.54) is 12.8 Å². The van der Waals surface area contributed by atoms with Gasteiger partial charge < -0.3 is 5.32 Å². The smallest absolute Gasteiger partial charge is 0.211 e. The van der Waals surface area contributed by atoms with Crippen LogP contribution in [0.2, 0.25) is 0 Å². The van der Waals surface area contributed by atoms with Gasteiger partial charge in [0, 0.05) is 17.8 Å². The van der Waals surface area contributed by atoms with Crippen LogP contribution in [0.3, 0.4) is 0 Å². The molecule has 1 fully saturated rings. The van der Waals surface area contributed by atoms with Crippen LogP contribution in [0.1, 0.15) is 32.6 Å². The minimum absolute atomic E-state index is 0.242. The fourth-order valence-corrected chi connectivity index (χ4v) is 3.47. The van der Waals surface area contributed by atoms with Gasteiger partial charge in [0.15, 0.2) is 0 Å². The molecule has 4 nitrogen and oxygen atoms in total. The van der Waals surface area contributed by atoms with E-state index in [1.54, 1.807) is 11.8 Å². The Hall–Kier alpha value is 0.220. The van der Waals surface area contributed by atoms with Crippen LogP contribution < -0.4 is 10.0 Å². The molecular weight excluding hydrogens is 256 g/mol. The quantitative estimate of drug-likeness (QED) is 0.735. The van der Waals surface area contributed by atoms with Gasteiger partial charge in [-0.25, -0.2) is 13.1 Å². The fourth-order valence-electron chi connectivity index (χ4n) is 1.87. The zero-order valence-corrected chi connectivity index (χ0v) is 12.4. The number of thioether (sulfide) groups is 1. The summed E-state index contributed by atoms with van der Waals surface area (Å²) >= 11 is 1.67. The molecule has 2 N–H and O–H groups in total. The molecule has 1 rings (SSSR count). The van der Waals surface area contributed by atoms with E-state index in [-0.39, 0.29) is 5.75 Å². The van der Waals surface area contributed by atoms with Gasteiger partial charge in [0.1, 0.15) is 0 Å². The molecule has 0 radical (unpaired) electrons. The van der Waals surface area contributed by atoms with Gasteiger partial charge in [-0.3, -0.25) is 0 Å². The number of rotatable bonds is 7. The lowest BCUT2D eigenvalue weighted by Gasteiger charge is -2.23. The maximum absolute atomic E-state index is 11.7. The van der Waals surface area contributed by atoms with Crippen molar-refractivity contribution in [2.24, 2.45) is 0 Å². The highest BCUT2D eigenvalue weighted by Gasteiger charge is 2.17. The molecule has 0 aliphatic carbocycles. The molecule has 0 amide bonds. The Balaban J connectivity index is 2.23. The Labute approximate surface area is 109 Å². The predicted octanol–water partition coefficient (Wildman–Crippen LogP) is 1.19. The van der Waals surface area contributed by atoms with Crippen LogP contribution in [0.4, 0.5) is 0 Å². The molecule has 17 heavy (non-hydrogen) atoms. The Kier molecular flexibility index (Phi) is 6.84. The van der Waals surface area contributed by atoms with Crippen LogP contribution in [-0.2, 0) is 10.0 Å². The van der Waals surface area contributed by atoms with Crippen molar-refractivity contribution in [1.29, 1.82) is 0 Å². The van der Waals surface area contributed by atoms with Crippen LogP contribution in [0.5, 0.6) is 0 Å². The molecule has 0 saturated carbocycles. The van der Waals surface area contributed by atoms with Crippen LogP contribution in [-0.4, -0.2) is 44.8 Å². The van der Waals surface area contributed by atoms with Gasteiger partial charge >= 0.3 is 0 Å². The number of sulfonamides is 1. The van der Waals surface area contributed by atoms with Gasteiger partial charge in [0.2, 0.25) is 10.0 Å². The summed E-state index contributed by atoms with van der Waals surface area (Å²) in [6.07, 6.45) is 6.26. The molecule has 0 spiro atoms. The highest BCUT2D eigenvalue weighted by atomic mass is 32.2. The molecule has 102 valence electrons. The number of nitrogens with one attached hydrogen (secondary N) is 2. The Morgan fingerprint density at radius 3 is 2.82 bits per heavy atom. The summed E-state index contributed by atoms with van der Waals surface area (Å²) in [6.45, 7) is 3.58. The molecule has 0 aromatic carbocycles. The summed E-state index contributed by atoms with van der Waals surface area (Å²) in [7, 11) is -3.09. The lowest BCUT2D eigenvalue weighted by Crippen LogP contribution is -2.38. The highest BCUT2D eigenvalue weighted by molar-refractivity contribution is 7.99. The third-order valence-electron chi connectivity index (χ3n) is 3.14. The van der Waals surface area contributed by atoms with Gasteiger partial charge in [-0.15, -0.1) is 0 Å². The van der Waals surface area contributed by atoms with Gasteiger partial charge in [-0.1, -0.05) is 13.3 Å². The molecule has 0 aromatic heterocycles. The van der Waals surface area contributed by atoms with Crippen molar-refractivity contribution in [3.05, 3.63) is 0 Å². The maximum atomic E-state index is 11.7. The van der Waals surface area contributed by atoms with E-state index >= 15 is 0 Å². The first-order chi connectivity index (χ1) is 8.03. The third-order valence-corrected chi connectivity index (χ3v) is 5.49. The lowest BCUT2D eigenvalue weighted by atomic mass is 10.0. The standard InChI is InChI=1S/C11H24N2O2S2/c1-10(16-2)9-13-17(14,15)8-6-11-5-3-4-7-12-11/h10-13H,3-9H2,1-2H3. The second-order valence-electron chi connectivity index (χ2n) is 4.65.